The lowest BCUT2D eigenvalue weighted by atomic mass is 9.78. The van der Waals surface area contributed by atoms with Gasteiger partial charge in [-0.3, -0.25) is 14.6 Å². The van der Waals surface area contributed by atoms with Crippen molar-refractivity contribution < 1.29 is 22.8 Å². The molecule has 7 heteroatoms. The number of amides is 1. The molecule has 2 aliphatic rings. The minimum Gasteiger partial charge on any atom is -0.272 e. The number of rotatable bonds is 4. The predicted molar refractivity (Wildman–Crippen MR) is 105 cm³/mol. The van der Waals surface area contributed by atoms with E-state index in [4.69, 9.17) is 4.84 Å². The summed E-state index contributed by atoms with van der Waals surface area (Å²) in [4.78, 5) is 22.7. The van der Waals surface area contributed by atoms with E-state index in [2.05, 4.69) is 4.98 Å². The molecule has 0 spiro atoms. The minimum atomic E-state index is -0.660. The predicted octanol–water partition coefficient (Wildman–Crippen LogP) is 5.06. The summed E-state index contributed by atoms with van der Waals surface area (Å²) in [6.07, 6.45) is 5.65. The van der Waals surface area contributed by atoms with Crippen molar-refractivity contribution in [2.45, 2.75) is 51.5 Å². The second kappa shape index (κ2) is 8.76. The molecular weight excluding hydrogens is 393 g/mol. The molecule has 1 amide bonds. The summed E-state index contributed by atoms with van der Waals surface area (Å²) >= 11 is 0. The first kappa shape index (κ1) is 20.8. The Morgan fingerprint density at radius 1 is 1.03 bits per heavy atom. The van der Waals surface area contributed by atoms with Gasteiger partial charge in [-0.1, -0.05) is 0 Å². The van der Waals surface area contributed by atoms with Crippen LogP contribution in [0.4, 0.5) is 13.2 Å². The van der Waals surface area contributed by atoms with E-state index in [-0.39, 0.29) is 17.6 Å². The molecule has 4 nitrogen and oxygen atoms in total. The van der Waals surface area contributed by atoms with Gasteiger partial charge in [0.1, 0.15) is 17.5 Å². The van der Waals surface area contributed by atoms with Gasteiger partial charge in [-0.25, -0.2) is 18.2 Å². The number of hydrogen-bond acceptors (Lipinski definition) is 3. The summed E-state index contributed by atoms with van der Waals surface area (Å²) < 4.78 is 40.7. The summed E-state index contributed by atoms with van der Waals surface area (Å²) in [6, 6.07) is 4.41. The van der Waals surface area contributed by atoms with Crippen LogP contribution in [0.5, 0.6) is 0 Å². The van der Waals surface area contributed by atoms with Crippen molar-refractivity contribution in [3.63, 3.8) is 0 Å². The van der Waals surface area contributed by atoms with Crippen LogP contribution in [0, 0.1) is 36.2 Å². The Bertz CT molecular complexity index is 908. The van der Waals surface area contributed by atoms with Crippen molar-refractivity contribution in [2.75, 3.05) is 6.61 Å². The number of pyridine rings is 1. The third-order valence-electron chi connectivity index (χ3n) is 6.25. The molecule has 1 aliphatic heterocycles. The van der Waals surface area contributed by atoms with Crippen molar-refractivity contribution in [3.8, 4) is 0 Å². The van der Waals surface area contributed by atoms with Crippen LogP contribution in [-0.2, 0) is 16.1 Å². The van der Waals surface area contributed by atoms with Gasteiger partial charge in [0.05, 0.1) is 18.8 Å². The zero-order chi connectivity index (χ0) is 21.3. The molecule has 160 valence electrons. The van der Waals surface area contributed by atoms with Crippen LogP contribution in [0.25, 0.3) is 0 Å². The van der Waals surface area contributed by atoms with Crippen LogP contribution in [0.15, 0.2) is 30.5 Å². The van der Waals surface area contributed by atoms with Gasteiger partial charge in [-0.05, 0) is 74.3 Å². The molecule has 0 radical (unpaired) electrons. The van der Waals surface area contributed by atoms with E-state index >= 15 is 0 Å². The van der Waals surface area contributed by atoms with Crippen molar-refractivity contribution in [2.24, 2.45) is 11.8 Å². The van der Waals surface area contributed by atoms with Gasteiger partial charge in [0.15, 0.2) is 0 Å². The number of hydrogen-bond donors (Lipinski definition) is 0. The number of halogens is 3. The molecule has 0 bridgehead atoms. The molecule has 0 unspecified atom stereocenters. The number of aryl methyl sites for hydroxylation is 1. The maximum Gasteiger partial charge on any atom is 0.249 e. The van der Waals surface area contributed by atoms with Gasteiger partial charge in [0.2, 0.25) is 5.91 Å². The molecule has 1 saturated carbocycles. The van der Waals surface area contributed by atoms with Crippen molar-refractivity contribution in [1.29, 1.82) is 0 Å². The van der Waals surface area contributed by atoms with E-state index < -0.39 is 17.7 Å². The van der Waals surface area contributed by atoms with Crippen molar-refractivity contribution in [3.05, 3.63) is 64.7 Å². The molecule has 2 fully saturated rings. The summed E-state index contributed by atoms with van der Waals surface area (Å²) in [6.45, 7) is 2.22. The highest BCUT2D eigenvalue weighted by atomic mass is 19.1. The van der Waals surface area contributed by atoms with E-state index in [0.717, 1.165) is 49.4 Å². The molecule has 2 aromatic rings. The molecule has 2 heterocycles. The normalized spacial score (nSPS) is 24.3. The average molecular weight is 418 g/mol. The molecule has 1 saturated heterocycles. The van der Waals surface area contributed by atoms with Crippen LogP contribution >= 0.6 is 0 Å². The molecule has 1 aromatic heterocycles. The van der Waals surface area contributed by atoms with Gasteiger partial charge in [-0.15, -0.1) is 0 Å². The van der Waals surface area contributed by atoms with Crippen molar-refractivity contribution in [1.82, 2.24) is 10.0 Å². The SMILES string of the molecule is Cc1ncc(F)cc1CC1CCC(C(=O)N2OCC[C@H]2c2cc(F)cc(F)c2)CC1. The fraction of sp³-hybridized carbons (Fsp3) is 0.478. The van der Waals surface area contributed by atoms with Crippen LogP contribution < -0.4 is 0 Å². The Labute approximate surface area is 174 Å². The van der Waals surface area contributed by atoms with E-state index in [0.29, 0.717) is 24.5 Å². The molecule has 30 heavy (non-hydrogen) atoms. The third-order valence-corrected chi connectivity index (χ3v) is 6.25. The quantitative estimate of drug-likeness (QED) is 0.697. The zero-order valence-electron chi connectivity index (χ0n) is 16.9. The average Bonchev–Trinajstić information content (AvgIpc) is 3.20. The lowest BCUT2D eigenvalue weighted by Gasteiger charge is -2.32. The fourth-order valence-electron chi connectivity index (χ4n) is 4.62. The second-order valence-corrected chi connectivity index (χ2v) is 8.32. The van der Waals surface area contributed by atoms with Gasteiger partial charge in [-0.2, -0.15) is 0 Å². The van der Waals surface area contributed by atoms with Gasteiger partial charge >= 0.3 is 0 Å². The van der Waals surface area contributed by atoms with Gasteiger partial charge < -0.3 is 0 Å². The van der Waals surface area contributed by atoms with Gasteiger partial charge in [0.25, 0.3) is 0 Å². The highest BCUT2D eigenvalue weighted by Crippen LogP contribution is 2.37. The lowest BCUT2D eigenvalue weighted by molar-refractivity contribution is -0.183. The highest BCUT2D eigenvalue weighted by molar-refractivity contribution is 5.78. The Morgan fingerprint density at radius 2 is 1.73 bits per heavy atom. The second-order valence-electron chi connectivity index (χ2n) is 8.32. The Hall–Kier alpha value is -2.41. The standard InChI is InChI=1S/C23H25F3N2O2/c1-14-17(9-21(26)13-27-14)8-15-2-4-16(5-3-15)23(29)28-22(6-7-30-28)18-10-19(24)12-20(25)11-18/h9-13,15-16,22H,2-8H2,1H3/t15?,16?,22-/m0/s1. The number of nitrogens with zero attached hydrogens (tertiary/aromatic N) is 2. The van der Waals surface area contributed by atoms with E-state index in [1.54, 1.807) is 6.07 Å². The summed E-state index contributed by atoms with van der Waals surface area (Å²) in [7, 11) is 0. The summed E-state index contributed by atoms with van der Waals surface area (Å²) in [5.74, 6) is -1.57. The first-order chi connectivity index (χ1) is 14.4. The fourth-order valence-corrected chi connectivity index (χ4v) is 4.62. The summed E-state index contributed by atoms with van der Waals surface area (Å²) in [5.41, 5.74) is 2.17. The zero-order valence-corrected chi connectivity index (χ0v) is 16.9. The topological polar surface area (TPSA) is 42.4 Å². The van der Waals surface area contributed by atoms with E-state index in [1.807, 2.05) is 6.92 Å². The molecule has 4 rings (SSSR count). The van der Waals surface area contributed by atoms with E-state index in [1.165, 1.54) is 23.4 Å². The molecular formula is C23H25F3N2O2. The van der Waals surface area contributed by atoms with Crippen molar-refractivity contribution >= 4 is 5.91 Å². The number of hydroxylamine groups is 2. The van der Waals surface area contributed by atoms with Crippen LogP contribution in [0.1, 0.15) is 55.0 Å². The van der Waals surface area contributed by atoms with Gasteiger partial charge in [0, 0.05) is 24.1 Å². The lowest BCUT2D eigenvalue weighted by Crippen LogP contribution is -2.36. The Morgan fingerprint density at radius 3 is 2.43 bits per heavy atom. The van der Waals surface area contributed by atoms with Crippen LogP contribution in [-0.4, -0.2) is 22.6 Å². The third kappa shape index (κ3) is 4.51. The maximum absolute atomic E-state index is 13.6. The molecule has 1 aromatic carbocycles. The smallest absolute Gasteiger partial charge is 0.249 e. The van der Waals surface area contributed by atoms with Crippen LogP contribution in [0.3, 0.4) is 0 Å². The Balaban J connectivity index is 1.38. The number of benzene rings is 1. The number of carbonyl (C=O) groups is 1. The summed E-state index contributed by atoms with van der Waals surface area (Å²) in [5, 5.41) is 1.32. The van der Waals surface area contributed by atoms with Crippen LogP contribution in [0.2, 0.25) is 0 Å². The highest BCUT2D eigenvalue weighted by Gasteiger charge is 2.37. The monoisotopic (exact) mass is 418 g/mol. The number of aromatic nitrogens is 1. The minimum absolute atomic E-state index is 0.121. The molecule has 1 atom stereocenters. The maximum atomic E-state index is 13.6. The first-order valence-corrected chi connectivity index (χ1v) is 10.4. The first-order valence-electron chi connectivity index (χ1n) is 10.4. The largest absolute Gasteiger partial charge is 0.272 e. The van der Waals surface area contributed by atoms with E-state index in [9.17, 15) is 18.0 Å². The number of carbonyl (C=O) groups excluding carboxylic acids is 1. The molecule has 0 N–H and O–H groups in total. The molecule has 1 aliphatic carbocycles. The Kier molecular flexibility index (Phi) is 6.09.